The summed E-state index contributed by atoms with van der Waals surface area (Å²) in [6.45, 7) is 9.24. The Balaban J connectivity index is 1.70. The zero-order valence-electron chi connectivity index (χ0n) is 17.3. The molecule has 7 nitrogen and oxygen atoms in total. The molecule has 0 spiro atoms. The number of nitrogens with zero attached hydrogens (tertiary/aromatic N) is 2. The summed E-state index contributed by atoms with van der Waals surface area (Å²) >= 11 is 0. The molecule has 0 amide bonds. The molecule has 1 aliphatic rings. The number of carbonyl (C=O) groups is 3. The lowest BCUT2D eigenvalue weighted by molar-refractivity contribution is 0.0317. The highest BCUT2D eigenvalue weighted by Gasteiger charge is 2.26. The molecule has 7 heteroatoms. The first-order chi connectivity index (χ1) is 13.7. The summed E-state index contributed by atoms with van der Waals surface area (Å²) in [6, 6.07) is 6.94. The number of benzene rings is 1. The molecule has 1 N–H and O–H groups in total. The zero-order chi connectivity index (χ0) is 21.3. The number of aromatic nitrogens is 1. The second-order valence-corrected chi connectivity index (χ2v) is 7.35. The lowest BCUT2D eigenvalue weighted by Gasteiger charge is -2.15. The van der Waals surface area contributed by atoms with Crippen LogP contribution in [0.3, 0.4) is 0 Å². The van der Waals surface area contributed by atoms with Gasteiger partial charge < -0.3 is 9.72 Å². The van der Waals surface area contributed by atoms with E-state index in [-0.39, 0.29) is 11.6 Å². The number of carbonyl (C=O) groups excluding carboxylic acids is 3. The lowest BCUT2D eigenvalue weighted by atomic mass is 10.0. The molecular weight excluding hydrogens is 370 g/mol. The van der Waals surface area contributed by atoms with Crippen LogP contribution >= 0.6 is 0 Å². The highest BCUT2D eigenvalue weighted by atomic mass is 16.5. The summed E-state index contributed by atoms with van der Waals surface area (Å²) in [5.41, 5.74) is 4.34. The van der Waals surface area contributed by atoms with Gasteiger partial charge in [0.25, 0.3) is 0 Å². The molecule has 2 aromatic rings. The van der Waals surface area contributed by atoms with Gasteiger partial charge in [0.05, 0.1) is 16.9 Å². The van der Waals surface area contributed by atoms with Crippen LogP contribution in [0, 0.1) is 13.8 Å². The van der Waals surface area contributed by atoms with E-state index in [1.807, 2.05) is 24.1 Å². The van der Waals surface area contributed by atoms with E-state index in [1.165, 1.54) is 13.8 Å². The predicted octanol–water partition coefficient (Wildman–Crippen LogP) is 3.85. The minimum Gasteiger partial charge on any atom is -0.451 e. The fourth-order valence-corrected chi connectivity index (χ4v) is 3.54. The van der Waals surface area contributed by atoms with E-state index < -0.39 is 12.1 Å². The molecule has 29 heavy (non-hydrogen) atoms. The van der Waals surface area contributed by atoms with E-state index in [1.54, 1.807) is 26.0 Å². The number of H-pyrrole nitrogens is 1. The van der Waals surface area contributed by atoms with E-state index in [9.17, 15) is 14.4 Å². The molecule has 1 aliphatic heterocycles. The van der Waals surface area contributed by atoms with Crippen molar-refractivity contribution in [1.29, 1.82) is 0 Å². The van der Waals surface area contributed by atoms with E-state index in [0.29, 0.717) is 28.1 Å². The molecule has 1 unspecified atom stereocenters. The van der Waals surface area contributed by atoms with Crippen molar-refractivity contribution in [3.8, 4) is 0 Å². The number of rotatable bonds is 6. The highest BCUT2D eigenvalue weighted by Crippen LogP contribution is 2.22. The van der Waals surface area contributed by atoms with E-state index in [2.05, 4.69) is 10.1 Å². The van der Waals surface area contributed by atoms with Crippen LogP contribution in [0.1, 0.15) is 69.7 Å². The Hall–Kier alpha value is -3.22. The van der Waals surface area contributed by atoms with Gasteiger partial charge in [-0.05, 0) is 64.4 Å². The highest BCUT2D eigenvalue weighted by molar-refractivity contribution is 6.05. The second kappa shape index (κ2) is 8.03. The summed E-state index contributed by atoms with van der Waals surface area (Å²) in [5, 5.41) is 6.32. The van der Waals surface area contributed by atoms with Crippen LogP contribution in [0.25, 0.3) is 0 Å². The number of esters is 1. The number of aromatic amines is 1. The molecule has 0 fully saturated rings. The van der Waals surface area contributed by atoms with Gasteiger partial charge in [-0.25, -0.2) is 4.79 Å². The Bertz CT molecular complexity index is 1000. The summed E-state index contributed by atoms with van der Waals surface area (Å²) in [4.78, 5) is 39.9. The molecule has 0 saturated carbocycles. The van der Waals surface area contributed by atoms with E-state index in [0.717, 1.165) is 24.4 Å². The third-order valence-electron chi connectivity index (χ3n) is 5.07. The van der Waals surface area contributed by atoms with Crippen LogP contribution in [0.2, 0.25) is 0 Å². The molecule has 0 radical (unpaired) electrons. The lowest BCUT2D eigenvalue weighted by Crippen LogP contribution is -2.25. The van der Waals surface area contributed by atoms with Crippen molar-refractivity contribution in [2.75, 3.05) is 11.6 Å². The molecule has 152 valence electrons. The van der Waals surface area contributed by atoms with Crippen molar-refractivity contribution in [3.63, 3.8) is 0 Å². The number of anilines is 1. The van der Waals surface area contributed by atoms with Gasteiger partial charge in [-0.2, -0.15) is 5.10 Å². The summed E-state index contributed by atoms with van der Waals surface area (Å²) < 4.78 is 5.37. The summed E-state index contributed by atoms with van der Waals surface area (Å²) in [5.74, 6) is -1.06. The fourth-order valence-electron chi connectivity index (χ4n) is 3.54. The van der Waals surface area contributed by atoms with Crippen LogP contribution in [0.15, 0.2) is 29.4 Å². The van der Waals surface area contributed by atoms with Crippen LogP contribution < -0.4 is 5.01 Å². The molecule has 0 aliphatic carbocycles. The third-order valence-corrected chi connectivity index (χ3v) is 5.07. The average molecular weight is 395 g/mol. The Morgan fingerprint density at radius 1 is 1.14 bits per heavy atom. The summed E-state index contributed by atoms with van der Waals surface area (Å²) in [7, 11) is 0. The Morgan fingerprint density at radius 3 is 2.31 bits per heavy atom. The normalized spacial score (nSPS) is 14.5. The van der Waals surface area contributed by atoms with Crippen molar-refractivity contribution >= 4 is 28.9 Å². The molecular formula is C22H25N3O4. The van der Waals surface area contributed by atoms with Gasteiger partial charge in [0.15, 0.2) is 11.9 Å². The average Bonchev–Trinajstić information content (AvgIpc) is 3.23. The SMILES string of the molecule is CC(=O)c1c(C)[nH]c(C(=O)C(C)OC(=O)c2ccc(N3CCC(C)=N3)cc2)c1C. The topological polar surface area (TPSA) is 91.8 Å². The first-order valence-electron chi connectivity index (χ1n) is 9.56. The first kappa shape index (κ1) is 20.5. The molecule has 1 aromatic heterocycles. The molecule has 2 heterocycles. The van der Waals surface area contributed by atoms with Crippen molar-refractivity contribution < 1.29 is 19.1 Å². The Kier molecular flexibility index (Phi) is 5.68. The van der Waals surface area contributed by atoms with Gasteiger partial charge in [-0.1, -0.05) is 0 Å². The first-order valence-corrected chi connectivity index (χ1v) is 9.56. The zero-order valence-corrected chi connectivity index (χ0v) is 17.3. The maximum absolute atomic E-state index is 12.7. The molecule has 0 saturated heterocycles. The van der Waals surface area contributed by atoms with Crippen LogP contribution in [-0.4, -0.2) is 40.9 Å². The van der Waals surface area contributed by atoms with Gasteiger partial charge in [-0.3, -0.25) is 14.6 Å². The minimum absolute atomic E-state index is 0.113. The number of hydrazone groups is 1. The summed E-state index contributed by atoms with van der Waals surface area (Å²) in [6.07, 6.45) is -0.0589. The van der Waals surface area contributed by atoms with Crippen LogP contribution in [-0.2, 0) is 4.74 Å². The number of aryl methyl sites for hydroxylation is 1. The van der Waals surface area contributed by atoms with Crippen molar-refractivity contribution in [3.05, 3.63) is 52.3 Å². The molecule has 1 atom stereocenters. The Morgan fingerprint density at radius 2 is 1.79 bits per heavy atom. The molecule has 1 aromatic carbocycles. The monoisotopic (exact) mass is 395 g/mol. The van der Waals surface area contributed by atoms with Gasteiger partial charge in [0.1, 0.15) is 0 Å². The Labute approximate surface area is 169 Å². The third kappa shape index (κ3) is 4.13. The smallest absolute Gasteiger partial charge is 0.338 e. The van der Waals surface area contributed by atoms with Crippen molar-refractivity contribution in [1.82, 2.24) is 4.98 Å². The maximum Gasteiger partial charge on any atom is 0.338 e. The standard InChI is InChI=1S/C22H25N3O4/c1-12-10-11-25(24-12)18-8-6-17(7-9-18)22(28)29-16(5)21(27)20-13(2)19(15(4)26)14(3)23-20/h6-9,16,23H,10-11H2,1-5H3. The minimum atomic E-state index is -0.982. The number of Topliss-reactive ketones (excluding diaryl/α,β-unsaturated/α-hetero) is 2. The van der Waals surface area contributed by atoms with Gasteiger partial charge in [-0.15, -0.1) is 0 Å². The number of hydrogen-bond acceptors (Lipinski definition) is 6. The van der Waals surface area contributed by atoms with Gasteiger partial charge >= 0.3 is 5.97 Å². The van der Waals surface area contributed by atoms with Crippen LogP contribution in [0.4, 0.5) is 5.69 Å². The molecule has 3 rings (SSSR count). The number of ether oxygens (including phenoxy) is 1. The number of nitrogens with one attached hydrogen (secondary N) is 1. The van der Waals surface area contributed by atoms with Crippen LogP contribution in [0.5, 0.6) is 0 Å². The largest absolute Gasteiger partial charge is 0.451 e. The van der Waals surface area contributed by atoms with E-state index in [4.69, 9.17) is 4.74 Å². The second-order valence-electron chi connectivity index (χ2n) is 7.35. The van der Waals surface area contributed by atoms with Gasteiger partial charge in [0.2, 0.25) is 5.78 Å². The predicted molar refractivity (Wildman–Crippen MR) is 111 cm³/mol. The number of hydrogen-bond donors (Lipinski definition) is 1. The van der Waals surface area contributed by atoms with Gasteiger partial charge in [0, 0.05) is 29.9 Å². The molecule has 0 bridgehead atoms. The van der Waals surface area contributed by atoms with Crippen molar-refractivity contribution in [2.24, 2.45) is 5.10 Å². The van der Waals surface area contributed by atoms with E-state index >= 15 is 0 Å². The number of ketones is 2. The quantitative estimate of drug-likeness (QED) is 0.592. The fraction of sp³-hybridized carbons (Fsp3) is 0.364. The maximum atomic E-state index is 12.7. The van der Waals surface area contributed by atoms with Crippen molar-refractivity contribution in [2.45, 2.75) is 47.1 Å².